The van der Waals surface area contributed by atoms with Crippen molar-refractivity contribution < 1.29 is 9.59 Å². The van der Waals surface area contributed by atoms with E-state index in [1.807, 2.05) is 85.1 Å². The quantitative estimate of drug-likeness (QED) is 0.225. The number of carbonyl (C=O) groups excluding carboxylic acids is 2. The minimum absolute atomic E-state index is 0.150. The molecule has 208 valence electrons. The van der Waals surface area contributed by atoms with Crippen molar-refractivity contribution in [3.8, 4) is 0 Å². The van der Waals surface area contributed by atoms with Crippen LogP contribution < -0.4 is 10.2 Å². The third kappa shape index (κ3) is 6.72. The van der Waals surface area contributed by atoms with Crippen molar-refractivity contribution in [2.45, 2.75) is 45.2 Å². The number of rotatable bonds is 11. The van der Waals surface area contributed by atoms with Crippen LogP contribution in [-0.4, -0.2) is 34.5 Å². The number of anilines is 1. The van der Waals surface area contributed by atoms with Crippen molar-refractivity contribution in [1.82, 2.24) is 14.9 Å². The van der Waals surface area contributed by atoms with Gasteiger partial charge in [0.1, 0.15) is 6.04 Å². The maximum Gasteiger partial charge on any atom is 0.249 e. The van der Waals surface area contributed by atoms with Crippen LogP contribution in [0.2, 0.25) is 0 Å². The molecular weight excluding hydrogens is 508 g/mol. The Morgan fingerprint density at radius 3 is 2.29 bits per heavy atom. The zero-order valence-corrected chi connectivity index (χ0v) is 23.7. The van der Waals surface area contributed by atoms with Gasteiger partial charge in [-0.2, -0.15) is 0 Å². The third-order valence-corrected chi connectivity index (χ3v) is 7.66. The van der Waals surface area contributed by atoms with E-state index in [0.29, 0.717) is 6.42 Å². The van der Waals surface area contributed by atoms with E-state index in [2.05, 4.69) is 40.0 Å². The Bertz CT molecular complexity index is 1600. The zero-order chi connectivity index (χ0) is 28.6. The van der Waals surface area contributed by atoms with E-state index in [9.17, 15) is 9.59 Å². The molecule has 0 saturated carbocycles. The average molecular weight is 545 g/mol. The molecule has 41 heavy (non-hydrogen) atoms. The maximum atomic E-state index is 13.7. The van der Waals surface area contributed by atoms with Gasteiger partial charge in [-0.1, -0.05) is 72.8 Å². The minimum Gasteiger partial charge on any atom is -0.345 e. The number of hydrogen-bond acceptors (Lipinski definition) is 3. The van der Waals surface area contributed by atoms with Crippen LogP contribution in [0.5, 0.6) is 0 Å². The molecule has 1 N–H and O–H groups in total. The molecule has 2 amide bonds. The third-order valence-electron chi connectivity index (χ3n) is 7.66. The number of aryl methyl sites for hydroxylation is 2. The monoisotopic (exact) mass is 544 g/mol. The highest BCUT2D eigenvalue weighted by atomic mass is 16.2. The fourth-order valence-corrected chi connectivity index (χ4v) is 5.47. The second-order valence-corrected chi connectivity index (χ2v) is 10.4. The molecule has 0 fully saturated rings. The summed E-state index contributed by atoms with van der Waals surface area (Å²) in [4.78, 5) is 33.1. The molecule has 0 bridgehead atoms. The molecule has 5 rings (SSSR count). The van der Waals surface area contributed by atoms with E-state index in [1.54, 1.807) is 18.1 Å². The van der Waals surface area contributed by atoms with Crippen LogP contribution in [0, 0.1) is 6.92 Å². The SMILES string of the molecule is Cc1c(CC(=O)N[C@@H](Cc2ccccc2)C(=O)N(C)c2ccccc2)c2ccccc2n1CCCc1cccnc1. The standard InChI is InChI=1S/C35H36N4O2/c1-26-31(30-19-9-10-20-33(30)39(26)22-12-16-28-15-11-21-36-25-28)24-34(40)37-32(23-27-13-5-3-6-14-27)35(41)38(2)29-17-7-4-8-18-29/h3-11,13-15,17-21,25,32H,12,16,22-24H2,1-2H3,(H,37,40)/t32-/m0/s1. The first-order chi connectivity index (χ1) is 20.0. The van der Waals surface area contributed by atoms with Gasteiger partial charge in [-0.25, -0.2) is 0 Å². The van der Waals surface area contributed by atoms with Gasteiger partial charge in [-0.3, -0.25) is 14.6 Å². The van der Waals surface area contributed by atoms with E-state index >= 15 is 0 Å². The van der Waals surface area contributed by atoms with Crippen LogP contribution in [0.1, 0.15) is 28.8 Å². The number of fused-ring (bicyclic) bond motifs is 1. The Labute approximate surface area is 241 Å². The van der Waals surface area contributed by atoms with Crippen molar-refractivity contribution in [2.24, 2.45) is 0 Å². The normalized spacial score (nSPS) is 11.8. The summed E-state index contributed by atoms with van der Waals surface area (Å²) < 4.78 is 2.31. The smallest absolute Gasteiger partial charge is 0.249 e. The zero-order valence-electron chi connectivity index (χ0n) is 23.7. The summed E-state index contributed by atoms with van der Waals surface area (Å²) in [6.45, 7) is 2.93. The van der Waals surface area contributed by atoms with Gasteiger partial charge < -0.3 is 14.8 Å². The topological polar surface area (TPSA) is 67.2 Å². The van der Waals surface area contributed by atoms with Gasteiger partial charge in [0.25, 0.3) is 0 Å². The lowest BCUT2D eigenvalue weighted by molar-refractivity contribution is -0.127. The van der Waals surface area contributed by atoms with Crippen molar-refractivity contribution in [1.29, 1.82) is 0 Å². The Morgan fingerprint density at radius 1 is 0.878 bits per heavy atom. The van der Waals surface area contributed by atoms with Gasteiger partial charge >= 0.3 is 0 Å². The van der Waals surface area contributed by atoms with E-state index < -0.39 is 6.04 Å². The number of amides is 2. The first kappa shape index (κ1) is 27.8. The number of hydrogen-bond donors (Lipinski definition) is 1. The summed E-state index contributed by atoms with van der Waals surface area (Å²) >= 11 is 0. The Kier molecular flexibility index (Phi) is 8.89. The molecule has 0 unspecified atom stereocenters. The average Bonchev–Trinajstić information content (AvgIpc) is 3.27. The molecule has 1 atom stereocenters. The first-order valence-corrected chi connectivity index (χ1v) is 14.1. The van der Waals surface area contributed by atoms with Gasteiger partial charge in [-0.05, 0) is 60.7 Å². The van der Waals surface area contributed by atoms with Gasteiger partial charge in [0, 0.05) is 54.7 Å². The van der Waals surface area contributed by atoms with Gasteiger partial charge in [0.05, 0.1) is 6.42 Å². The summed E-state index contributed by atoms with van der Waals surface area (Å²) in [5.41, 5.74) is 6.21. The lowest BCUT2D eigenvalue weighted by Crippen LogP contribution is -2.49. The highest BCUT2D eigenvalue weighted by Gasteiger charge is 2.26. The molecule has 0 radical (unpaired) electrons. The van der Waals surface area contributed by atoms with Gasteiger partial charge in [0.2, 0.25) is 11.8 Å². The molecule has 2 heterocycles. The number of aromatic nitrogens is 2. The van der Waals surface area contributed by atoms with Crippen LogP contribution in [0.25, 0.3) is 10.9 Å². The number of pyridine rings is 1. The largest absolute Gasteiger partial charge is 0.345 e. The predicted octanol–water partition coefficient (Wildman–Crippen LogP) is 5.91. The molecule has 0 saturated heterocycles. The lowest BCUT2D eigenvalue weighted by Gasteiger charge is -2.25. The molecule has 2 aromatic heterocycles. The number of likely N-dealkylation sites (N-methyl/N-ethyl adjacent to an activating group) is 1. The molecule has 0 aliphatic heterocycles. The van der Waals surface area contributed by atoms with Crippen LogP contribution in [-0.2, 0) is 35.4 Å². The Balaban J connectivity index is 1.35. The van der Waals surface area contributed by atoms with Crippen LogP contribution in [0.15, 0.2) is 109 Å². The fraction of sp³-hybridized carbons (Fsp3) is 0.229. The second kappa shape index (κ2) is 13.1. The van der Waals surface area contributed by atoms with Crippen molar-refractivity contribution in [2.75, 3.05) is 11.9 Å². The van der Waals surface area contributed by atoms with E-state index in [1.165, 1.54) is 5.56 Å². The molecule has 6 heteroatoms. The number of benzene rings is 3. The highest BCUT2D eigenvalue weighted by molar-refractivity contribution is 5.99. The Morgan fingerprint density at radius 2 is 1.56 bits per heavy atom. The number of para-hydroxylation sites is 2. The van der Waals surface area contributed by atoms with Gasteiger partial charge in [-0.15, -0.1) is 0 Å². The number of nitrogens with zero attached hydrogens (tertiary/aromatic N) is 3. The van der Waals surface area contributed by atoms with Crippen molar-refractivity contribution in [3.63, 3.8) is 0 Å². The van der Waals surface area contributed by atoms with Crippen LogP contribution in [0.4, 0.5) is 5.69 Å². The second-order valence-electron chi connectivity index (χ2n) is 10.4. The molecular formula is C35H36N4O2. The predicted molar refractivity (Wildman–Crippen MR) is 165 cm³/mol. The van der Waals surface area contributed by atoms with E-state index in [0.717, 1.165) is 52.8 Å². The molecule has 0 spiro atoms. The minimum atomic E-state index is -0.691. The number of nitrogens with one attached hydrogen (secondary N) is 1. The van der Waals surface area contributed by atoms with Crippen LogP contribution >= 0.6 is 0 Å². The molecule has 0 aliphatic carbocycles. The summed E-state index contributed by atoms with van der Waals surface area (Å²) in [6, 6.07) is 31.0. The lowest BCUT2D eigenvalue weighted by atomic mass is 10.0. The number of carbonyl (C=O) groups is 2. The molecule has 5 aromatic rings. The van der Waals surface area contributed by atoms with E-state index in [-0.39, 0.29) is 18.2 Å². The van der Waals surface area contributed by atoms with Crippen molar-refractivity contribution >= 4 is 28.4 Å². The fourth-order valence-electron chi connectivity index (χ4n) is 5.47. The summed E-state index contributed by atoms with van der Waals surface area (Å²) in [6.07, 6.45) is 6.23. The maximum absolute atomic E-state index is 13.7. The first-order valence-electron chi connectivity index (χ1n) is 14.1. The molecule has 6 nitrogen and oxygen atoms in total. The van der Waals surface area contributed by atoms with Gasteiger partial charge in [0.15, 0.2) is 0 Å². The van der Waals surface area contributed by atoms with E-state index in [4.69, 9.17) is 0 Å². The summed E-state index contributed by atoms with van der Waals surface area (Å²) in [5, 5.41) is 4.16. The molecule has 3 aromatic carbocycles. The summed E-state index contributed by atoms with van der Waals surface area (Å²) in [7, 11) is 1.76. The van der Waals surface area contributed by atoms with Crippen molar-refractivity contribution in [3.05, 3.63) is 132 Å². The summed E-state index contributed by atoms with van der Waals surface area (Å²) in [5.74, 6) is -0.315. The Hall–Kier alpha value is -4.71. The molecule has 0 aliphatic rings. The highest BCUT2D eigenvalue weighted by Crippen LogP contribution is 2.27. The van der Waals surface area contributed by atoms with Crippen LogP contribution in [0.3, 0.4) is 0 Å².